The van der Waals surface area contributed by atoms with E-state index in [4.69, 9.17) is 5.73 Å². The number of hydrogen-bond acceptors (Lipinski definition) is 4. The van der Waals surface area contributed by atoms with Crippen molar-refractivity contribution in [3.8, 4) is 0 Å². The molecule has 6 nitrogen and oxygen atoms in total. The van der Waals surface area contributed by atoms with Gasteiger partial charge in [0, 0.05) is 42.3 Å². The van der Waals surface area contributed by atoms with Crippen LogP contribution in [-0.4, -0.2) is 40.3 Å². The van der Waals surface area contributed by atoms with Gasteiger partial charge < -0.3 is 16.0 Å². The second-order valence-electron chi connectivity index (χ2n) is 6.70. The highest BCUT2D eigenvalue weighted by molar-refractivity contribution is 6.05. The molecule has 0 saturated carbocycles. The van der Waals surface area contributed by atoms with Crippen LogP contribution in [0.2, 0.25) is 0 Å². The predicted octanol–water partition coefficient (Wildman–Crippen LogP) is 2.68. The quantitative estimate of drug-likeness (QED) is 0.885. The van der Waals surface area contributed by atoms with Crippen molar-refractivity contribution >= 4 is 17.5 Å². The Bertz CT molecular complexity index is 776. The van der Waals surface area contributed by atoms with Crippen molar-refractivity contribution in [3.63, 3.8) is 0 Å². The number of hydrogen-bond donors (Lipinski definition) is 2. The zero-order valence-electron chi connectivity index (χ0n) is 14.9. The number of piperidine rings is 1. The van der Waals surface area contributed by atoms with E-state index in [0.717, 1.165) is 25.8 Å². The van der Waals surface area contributed by atoms with Crippen molar-refractivity contribution in [1.82, 2.24) is 9.88 Å². The molecule has 26 heavy (non-hydrogen) atoms. The summed E-state index contributed by atoms with van der Waals surface area (Å²) >= 11 is 0. The molecule has 1 aromatic heterocycles. The molecule has 3 rings (SSSR count). The van der Waals surface area contributed by atoms with Gasteiger partial charge in [-0.05, 0) is 56.5 Å². The molecule has 1 aliphatic heterocycles. The Labute approximate surface area is 153 Å². The van der Waals surface area contributed by atoms with Crippen molar-refractivity contribution < 1.29 is 9.59 Å². The summed E-state index contributed by atoms with van der Waals surface area (Å²) < 4.78 is 0. The minimum absolute atomic E-state index is 0.0375. The Balaban J connectivity index is 1.76. The molecule has 2 heterocycles. The lowest BCUT2D eigenvalue weighted by molar-refractivity contribution is 0.0583. The summed E-state index contributed by atoms with van der Waals surface area (Å²) in [6.07, 6.45) is 6.14. The predicted molar refractivity (Wildman–Crippen MR) is 101 cm³/mol. The molecule has 0 bridgehead atoms. The fraction of sp³-hybridized carbons (Fsp3) is 0.350. The van der Waals surface area contributed by atoms with Crippen LogP contribution < -0.4 is 11.1 Å². The van der Waals surface area contributed by atoms with E-state index < -0.39 is 0 Å². The number of likely N-dealkylation sites (tertiary alicyclic amines) is 1. The Morgan fingerprint density at radius 3 is 2.77 bits per heavy atom. The van der Waals surface area contributed by atoms with Crippen LogP contribution in [0.3, 0.4) is 0 Å². The van der Waals surface area contributed by atoms with E-state index in [-0.39, 0.29) is 23.9 Å². The first-order valence-electron chi connectivity index (χ1n) is 8.94. The van der Waals surface area contributed by atoms with Crippen LogP contribution >= 0.6 is 0 Å². The summed E-state index contributed by atoms with van der Waals surface area (Å²) in [5, 5.41) is 2.82. The van der Waals surface area contributed by atoms with Gasteiger partial charge in [0.25, 0.3) is 11.8 Å². The number of nitrogens with one attached hydrogen (secondary N) is 1. The third-order valence-corrected chi connectivity index (χ3v) is 4.71. The number of nitrogens with zero attached hydrogens (tertiary/aromatic N) is 2. The van der Waals surface area contributed by atoms with Gasteiger partial charge in [-0.15, -0.1) is 0 Å². The highest BCUT2D eigenvalue weighted by atomic mass is 16.2. The molecule has 0 spiro atoms. The standard InChI is InChI=1S/C20H24N4O2/c1-14(21)18-9-2-3-11-24(18)20(26)15-6-4-8-17(12-15)23-19(25)16-7-5-10-22-13-16/h4-8,10,12-14,18H,2-3,9,11,21H2,1H3,(H,23,25). The van der Waals surface area contributed by atoms with Crippen molar-refractivity contribution in [2.24, 2.45) is 5.73 Å². The van der Waals surface area contributed by atoms with E-state index in [2.05, 4.69) is 10.3 Å². The van der Waals surface area contributed by atoms with Crippen LogP contribution in [0, 0.1) is 0 Å². The van der Waals surface area contributed by atoms with Gasteiger partial charge in [0.15, 0.2) is 0 Å². The molecule has 1 aromatic carbocycles. The third-order valence-electron chi connectivity index (χ3n) is 4.71. The fourth-order valence-corrected chi connectivity index (χ4v) is 3.35. The second-order valence-corrected chi connectivity index (χ2v) is 6.70. The molecule has 1 fully saturated rings. The van der Waals surface area contributed by atoms with Gasteiger partial charge in [-0.1, -0.05) is 6.07 Å². The molecule has 6 heteroatoms. The number of carbonyl (C=O) groups is 2. The maximum atomic E-state index is 13.0. The average molecular weight is 352 g/mol. The molecular formula is C20H24N4O2. The molecule has 2 atom stereocenters. The lowest BCUT2D eigenvalue weighted by Crippen LogP contribution is -2.51. The van der Waals surface area contributed by atoms with Gasteiger partial charge in [-0.25, -0.2) is 0 Å². The first-order chi connectivity index (χ1) is 12.6. The molecule has 0 aliphatic carbocycles. The maximum Gasteiger partial charge on any atom is 0.257 e. The average Bonchev–Trinajstić information content (AvgIpc) is 2.68. The summed E-state index contributed by atoms with van der Waals surface area (Å²) in [4.78, 5) is 31.1. The topological polar surface area (TPSA) is 88.3 Å². The van der Waals surface area contributed by atoms with E-state index in [1.165, 1.54) is 6.20 Å². The molecular weight excluding hydrogens is 328 g/mol. The number of carbonyl (C=O) groups excluding carboxylic acids is 2. The van der Waals surface area contributed by atoms with Crippen molar-refractivity contribution in [2.45, 2.75) is 38.3 Å². The summed E-state index contributed by atoms with van der Waals surface area (Å²) in [5.74, 6) is -0.293. The number of benzene rings is 1. The Kier molecular flexibility index (Phi) is 5.63. The highest BCUT2D eigenvalue weighted by Gasteiger charge is 2.29. The van der Waals surface area contributed by atoms with Gasteiger partial charge in [-0.3, -0.25) is 14.6 Å². The van der Waals surface area contributed by atoms with E-state index in [1.807, 2.05) is 11.8 Å². The molecule has 3 N–H and O–H groups in total. The highest BCUT2D eigenvalue weighted by Crippen LogP contribution is 2.22. The Morgan fingerprint density at radius 1 is 1.23 bits per heavy atom. The number of amides is 2. The van der Waals surface area contributed by atoms with Gasteiger partial charge in [0.1, 0.15) is 0 Å². The zero-order valence-corrected chi connectivity index (χ0v) is 14.9. The minimum atomic E-state index is -0.255. The molecule has 2 unspecified atom stereocenters. The summed E-state index contributed by atoms with van der Waals surface area (Å²) in [7, 11) is 0. The molecule has 136 valence electrons. The van der Waals surface area contributed by atoms with Gasteiger partial charge in [0.05, 0.1) is 5.56 Å². The van der Waals surface area contributed by atoms with Crippen LogP contribution in [0.4, 0.5) is 5.69 Å². The number of nitrogens with two attached hydrogens (primary N) is 1. The Morgan fingerprint density at radius 2 is 2.04 bits per heavy atom. The zero-order chi connectivity index (χ0) is 18.5. The largest absolute Gasteiger partial charge is 0.334 e. The van der Waals surface area contributed by atoms with Gasteiger partial charge in [0.2, 0.25) is 0 Å². The van der Waals surface area contributed by atoms with Gasteiger partial charge >= 0.3 is 0 Å². The molecule has 1 aliphatic rings. The fourth-order valence-electron chi connectivity index (χ4n) is 3.35. The SMILES string of the molecule is CC(N)C1CCCCN1C(=O)c1cccc(NC(=O)c2cccnc2)c1. The van der Waals surface area contributed by atoms with Crippen molar-refractivity contribution in [1.29, 1.82) is 0 Å². The molecule has 0 radical (unpaired) electrons. The lowest BCUT2D eigenvalue weighted by Gasteiger charge is -2.38. The maximum absolute atomic E-state index is 13.0. The van der Waals surface area contributed by atoms with Crippen molar-refractivity contribution in [2.75, 3.05) is 11.9 Å². The van der Waals surface area contributed by atoms with E-state index in [1.54, 1.807) is 42.6 Å². The molecule has 2 aromatic rings. The first kappa shape index (κ1) is 18.1. The number of rotatable bonds is 4. The summed E-state index contributed by atoms with van der Waals surface area (Å²) in [6.45, 7) is 2.66. The van der Waals surface area contributed by atoms with Crippen LogP contribution in [0.25, 0.3) is 0 Å². The van der Waals surface area contributed by atoms with Crippen LogP contribution in [-0.2, 0) is 0 Å². The van der Waals surface area contributed by atoms with E-state index >= 15 is 0 Å². The minimum Gasteiger partial charge on any atom is -0.334 e. The second kappa shape index (κ2) is 8.10. The van der Waals surface area contributed by atoms with Crippen LogP contribution in [0.5, 0.6) is 0 Å². The third kappa shape index (κ3) is 4.08. The summed E-state index contributed by atoms with van der Waals surface area (Å²) in [6, 6.07) is 10.4. The number of anilines is 1. The Hall–Kier alpha value is -2.73. The first-order valence-corrected chi connectivity index (χ1v) is 8.94. The molecule has 1 saturated heterocycles. The smallest absolute Gasteiger partial charge is 0.257 e. The van der Waals surface area contributed by atoms with Crippen molar-refractivity contribution in [3.05, 3.63) is 59.9 Å². The lowest BCUT2D eigenvalue weighted by atomic mass is 9.96. The van der Waals surface area contributed by atoms with E-state index in [9.17, 15) is 9.59 Å². The summed E-state index contributed by atoms with van der Waals surface area (Å²) in [5.41, 5.74) is 7.69. The van der Waals surface area contributed by atoms with Crippen LogP contribution in [0.15, 0.2) is 48.8 Å². The van der Waals surface area contributed by atoms with E-state index in [0.29, 0.717) is 16.8 Å². The normalized spacial score (nSPS) is 18.2. The molecule has 2 amide bonds. The van der Waals surface area contributed by atoms with Gasteiger partial charge in [-0.2, -0.15) is 0 Å². The monoisotopic (exact) mass is 352 g/mol. The number of aromatic nitrogens is 1. The number of pyridine rings is 1. The van der Waals surface area contributed by atoms with Crippen LogP contribution in [0.1, 0.15) is 46.9 Å².